The zero-order valence-corrected chi connectivity index (χ0v) is 14.2. The second-order valence-electron chi connectivity index (χ2n) is 5.54. The van der Waals surface area contributed by atoms with E-state index in [-0.39, 0.29) is 24.1 Å². The van der Waals surface area contributed by atoms with Crippen LogP contribution in [0.15, 0.2) is 42.6 Å². The quantitative estimate of drug-likeness (QED) is 0.598. The summed E-state index contributed by atoms with van der Waals surface area (Å²) in [6.07, 6.45) is 4.98. The van der Waals surface area contributed by atoms with Gasteiger partial charge in [-0.05, 0) is 41.8 Å². The van der Waals surface area contributed by atoms with E-state index in [1.165, 1.54) is 20.1 Å². The maximum atomic E-state index is 12.1. The van der Waals surface area contributed by atoms with Crippen molar-refractivity contribution in [2.24, 2.45) is 0 Å². The highest BCUT2D eigenvalue weighted by Gasteiger charge is 2.08. The normalized spacial score (nSPS) is 10.6. The molecule has 25 heavy (non-hydrogen) atoms. The fourth-order valence-corrected chi connectivity index (χ4v) is 2.14. The van der Waals surface area contributed by atoms with Crippen LogP contribution >= 0.6 is 0 Å². The number of aromatic nitrogens is 1. The lowest BCUT2D eigenvalue weighted by Crippen LogP contribution is -2.23. The minimum absolute atomic E-state index is 0.0529. The number of ether oxygens (including phenoxy) is 1. The van der Waals surface area contributed by atoms with Crippen LogP contribution in [0.25, 0.3) is 6.08 Å². The Bertz CT molecular complexity index is 788. The molecule has 0 aliphatic heterocycles. The van der Waals surface area contributed by atoms with Crippen molar-refractivity contribution in [1.29, 1.82) is 0 Å². The Balaban J connectivity index is 1.89. The van der Waals surface area contributed by atoms with Crippen LogP contribution < -0.4 is 5.32 Å². The van der Waals surface area contributed by atoms with Crippen LogP contribution in [0.1, 0.15) is 34.1 Å². The summed E-state index contributed by atoms with van der Waals surface area (Å²) >= 11 is 0. The molecule has 0 aliphatic carbocycles. The van der Waals surface area contributed by atoms with E-state index in [0.717, 1.165) is 16.7 Å². The molecule has 6 nitrogen and oxygen atoms in total. The Labute approximate surface area is 145 Å². The fourth-order valence-electron chi connectivity index (χ4n) is 2.14. The van der Waals surface area contributed by atoms with Gasteiger partial charge in [-0.25, -0.2) is 0 Å². The Hall–Kier alpha value is -3.15. The molecule has 1 aromatic carbocycles. The lowest BCUT2D eigenvalue weighted by Gasteiger charge is -2.05. The maximum absolute atomic E-state index is 12.1. The van der Waals surface area contributed by atoms with Gasteiger partial charge in [-0.1, -0.05) is 24.3 Å². The second-order valence-corrected chi connectivity index (χ2v) is 5.54. The standard InChI is InChI=1S/C19H20N2O4/c1-13(22)3-4-16-9-17(20-12-16)19(24)21-11-15-7-5-14(6-8-15)10-18(23)25-2/h3-9,12,20H,10-11H2,1-2H3,(H,21,24)/b4-3+. The number of rotatable bonds is 7. The Morgan fingerprint density at radius 2 is 1.84 bits per heavy atom. The van der Waals surface area contributed by atoms with Crippen molar-refractivity contribution in [2.75, 3.05) is 7.11 Å². The van der Waals surface area contributed by atoms with Gasteiger partial charge in [0.05, 0.1) is 13.5 Å². The number of carbonyl (C=O) groups excluding carboxylic acids is 3. The van der Waals surface area contributed by atoms with Gasteiger partial charge in [0, 0.05) is 12.7 Å². The smallest absolute Gasteiger partial charge is 0.309 e. The van der Waals surface area contributed by atoms with Gasteiger partial charge in [0.15, 0.2) is 5.78 Å². The lowest BCUT2D eigenvalue weighted by molar-refractivity contribution is -0.139. The predicted molar refractivity (Wildman–Crippen MR) is 93.8 cm³/mol. The van der Waals surface area contributed by atoms with Crippen molar-refractivity contribution in [3.8, 4) is 0 Å². The third-order valence-electron chi connectivity index (χ3n) is 3.51. The topological polar surface area (TPSA) is 88.3 Å². The monoisotopic (exact) mass is 340 g/mol. The van der Waals surface area contributed by atoms with Crippen LogP contribution in [-0.2, 0) is 27.3 Å². The summed E-state index contributed by atoms with van der Waals surface area (Å²) in [6, 6.07) is 9.05. The minimum atomic E-state index is -0.289. The van der Waals surface area contributed by atoms with Crippen molar-refractivity contribution >= 4 is 23.7 Å². The van der Waals surface area contributed by atoms with E-state index < -0.39 is 0 Å². The molecule has 2 aromatic rings. The average Bonchev–Trinajstić information content (AvgIpc) is 3.08. The molecule has 0 fully saturated rings. The molecular weight excluding hydrogens is 320 g/mol. The molecule has 0 unspecified atom stereocenters. The predicted octanol–water partition coefficient (Wildman–Crippen LogP) is 2.26. The summed E-state index contributed by atoms with van der Waals surface area (Å²) in [5, 5.41) is 2.81. The zero-order chi connectivity index (χ0) is 18.2. The van der Waals surface area contributed by atoms with Gasteiger partial charge in [0.1, 0.15) is 5.69 Å². The van der Waals surface area contributed by atoms with Crippen LogP contribution in [0.2, 0.25) is 0 Å². The van der Waals surface area contributed by atoms with Crippen molar-refractivity contribution in [3.05, 3.63) is 65.0 Å². The van der Waals surface area contributed by atoms with Gasteiger partial charge in [-0.2, -0.15) is 0 Å². The highest BCUT2D eigenvalue weighted by molar-refractivity contribution is 5.94. The van der Waals surface area contributed by atoms with Gasteiger partial charge < -0.3 is 15.0 Å². The van der Waals surface area contributed by atoms with E-state index in [0.29, 0.717) is 12.2 Å². The zero-order valence-electron chi connectivity index (χ0n) is 14.2. The van der Waals surface area contributed by atoms with Gasteiger partial charge in [0.25, 0.3) is 5.91 Å². The first-order valence-corrected chi connectivity index (χ1v) is 7.78. The minimum Gasteiger partial charge on any atom is -0.469 e. The highest BCUT2D eigenvalue weighted by atomic mass is 16.5. The van der Waals surface area contributed by atoms with Crippen LogP contribution in [0.5, 0.6) is 0 Å². The van der Waals surface area contributed by atoms with Gasteiger partial charge in [0.2, 0.25) is 0 Å². The number of H-pyrrole nitrogens is 1. The molecule has 1 heterocycles. The average molecular weight is 340 g/mol. The summed E-state index contributed by atoms with van der Waals surface area (Å²) in [5.74, 6) is -0.577. The number of hydrogen-bond acceptors (Lipinski definition) is 4. The summed E-state index contributed by atoms with van der Waals surface area (Å²) in [5.41, 5.74) is 2.96. The Morgan fingerprint density at radius 3 is 2.48 bits per heavy atom. The number of benzene rings is 1. The number of aromatic amines is 1. The van der Waals surface area contributed by atoms with E-state index in [1.54, 1.807) is 18.3 Å². The number of nitrogens with one attached hydrogen (secondary N) is 2. The van der Waals surface area contributed by atoms with Crippen LogP contribution in [0.4, 0.5) is 0 Å². The first-order valence-electron chi connectivity index (χ1n) is 7.78. The first kappa shape index (κ1) is 18.2. The largest absolute Gasteiger partial charge is 0.469 e. The van der Waals surface area contributed by atoms with E-state index in [4.69, 9.17) is 0 Å². The SMILES string of the molecule is COC(=O)Cc1ccc(CNC(=O)c2cc(/C=C/C(C)=O)c[nH]2)cc1. The van der Waals surface area contributed by atoms with Crippen molar-refractivity contribution in [3.63, 3.8) is 0 Å². The van der Waals surface area contributed by atoms with Gasteiger partial charge >= 0.3 is 5.97 Å². The molecular formula is C19H20N2O4. The van der Waals surface area contributed by atoms with Crippen LogP contribution in [-0.4, -0.2) is 29.8 Å². The number of ketones is 1. The Morgan fingerprint density at radius 1 is 1.16 bits per heavy atom. The third kappa shape index (κ3) is 5.76. The maximum Gasteiger partial charge on any atom is 0.309 e. The van der Waals surface area contributed by atoms with Crippen molar-refractivity contribution in [1.82, 2.24) is 10.3 Å². The summed E-state index contributed by atoms with van der Waals surface area (Å²) in [4.78, 5) is 37.1. The number of carbonyl (C=O) groups is 3. The number of amides is 1. The van der Waals surface area contributed by atoms with E-state index in [9.17, 15) is 14.4 Å². The molecule has 1 amide bonds. The molecule has 1 aromatic heterocycles. The fraction of sp³-hybridized carbons (Fsp3) is 0.211. The van der Waals surface area contributed by atoms with Gasteiger partial charge in [-0.15, -0.1) is 0 Å². The molecule has 0 bridgehead atoms. The number of hydrogen-bond donors (Lipinski definition) is 2. The molecule has 0 aliphatic rings. The van der Waals surface area contributed by atoms with E-state index in [2.05, 4.69) is 15.0 Å². The molecule has 0 spiro atoms. The molecule has 0 radical (unpaired) electrons. The number of methoxy groups -OCH3 is 1. The molecule has 0 atom stereocenters. The molecule has 2 rings (SSSR count). The van der Waals surface area contributed by atoms with Crippen molar-refractivity contribution < 1.29 is 19.1 Å². The summed E-state index contributed by atoms with van der Waals surface area (Å²) in [7, 11) is 1.36. The highest BCUT2D eigenvalue weighted by Crippen LogP contribution is 2.08. The molecule has 0 saturated carbocycles. The number of esters is 1. The lowest BCUT2D eigenvalue weighted by atomic mass is 10.1. The van der Waals surface area contributed by atoms with Crippen LogP contribution in [0.3, 0.4) is 0 Å². The third-order valence-corrected chi connectivity index (χ3v) is 3.51. The van der Waals surface area contributed by atoms with Crippen molar-refractivity contribution in [2.45, 2.75) is 19.9 Å². The molecule has 0 saturated heterocycles. The van der Waals surface area contributed by atoms with E-state index in [1.807, 2.05) is 24.3 Å². The Kier molecular flexibility index (Phi) is 6.28. The van der Waals surface area contributed by atoms with E-state index >= 15 is 0 Å². The van der Waals surface area contributed by atoms with Gasteiger partial charge in [-0.3, -0.25) is 14.4 Å². The summed E-state index contributed by atoms with van der Waals surface area (Å²) < 4.78 is 4.62. The first-order chi connectivity index (χ1) is 12.0. The molecule has 2 N–H and O–H groups in total. The second kappa shape index (κ2) is 8.63. The molecule has 130 valence electrons. The van der Waals surface area contributed by atoms with Crippen LogP contribution in [0, 0.1) is 0 Å². The number of allylic oxidation sites excluding steroid dienone is 1. The molecule has 6 heteroatoms. The summed E-state index contributed by atoms with van der Waals surface area (Å²) in [6.45, 7) is 1.84.